The standard InChI is InChI=1S/C11H14N4/c1-9-4-11(7-13-5-9)15-8-14-6-10(15)2-3-12/h4-8H,2-3,12H2,1H3. The van der Waals surface area contributed by atoms with Crippen molar-refractivity contribution < 1.29 is 0 Å². The lowest BCUT2D eigenvalue weighted by molar-refractivity contribution is 0.869. The molecule has 0 aliphatic carbocycles. The molecule has 2 N–H and O–H groups in total. The van der Waals surface area contributed by atoms with Gasteiger partial charge in [0.2, 0.25) is 0 Å². The third-order valence-electron chi connectivity index (χ3n) is 2.25. The molecule has 2 heterocycles. The number of nitrogens with two attached hydrogens (primary N) is 1. The molecule has 0 atom stereocenters. The molecule has 0 spiro atoms. The number of nitrogens with zero attached hydrogens (tertiary/aromatic N) is 3. The molecule has 15 heavy (non-hydrogen) atoms. The Kier molecular flexibility index (Phi) is 2.78. The van der Waals surface area contributed by atoms with Gasteiger partial charge in [0.1, 0.15) is 0 Å². The second kappa shape index (κ2) is 4.23. The quantitative estimate of drug-likeness (QED) is 0.810. The lowest BCUT2D eigenvalue weighted by atomic mass is 10.2. The summed E-state index contributed by atoms with van der Waals surface area (Å²) in [5.74, 6) is 0. The minimum atomic E-state index is 0.630. The van der Waals surface area contributed by atoms with Crippen LogP contribution in [-0.4, -0.2) is 21.1 Å². The van der Waals surface area contributed by atoms with Crippen LogP contribution in [0.1, 0.15) is 11.3 Å². The van der Waals surface area contributed by atoms with Crippen molar-refractivity contribution in [2.45, 2.75) is 13.3 Å². The number of hydrogen-bond donors (Lipinski definition) is 1. The average molecular weight is 202 g/mol. The number of hydrogen-bond acceptors (Lipinski definition) is 3. The van der Waals surface area contributed by atoms with E-state index < -0.39 is 0 Å². The Morgan fingerprint density at radius 2 is 2.13 bits per heavy atom. The fraction of sp³-hybridized carbons (Fsp3) is 0.273. The molecule has 0 saturated carbocycles. The largest absolute Gasteiger partial charge is 0.330 e. The summed E-state index contributed by atoms with van der Waals surface area (Å²) < 4.78 is 2.02. The van der Waals surface area contributed by atoms with Crippen molar-refractivity contribution in [1.29, 1.82) is 0 Å². The highest BCUT2D eigenvalue weighted by Crippen LogP contribution is 2.11. The average Bonchev–Trinajstić information content (AvgIpc) is 2.66. The molecule has 2 aromatic rings. The lowest BCUT2D eigenvalue weighted by Crippen LogP contribution is -2.07. The summed E-state index contributed by atoms with van der Waals surface area (Å²) in [4.78, 5) is 8.29. The van der Waals surface area contributed by atoms with E-state index >= 15 is 0 Å². The molecule has 0 unspecified atom stereocenters. The van der Waals surface area contributed by atoms with Gasteiger partial charge in [-0.25, -0.2) is 4.98 Å². The zero-order valence-corrected chi connectivity index (χ0v) is 8.72. The molecule has 0 radical (unpaired) electrons. The summed E-state index contributed by atoms with van der Waals surface area (Å²) in [6.07, 6.45) is 8.13. The van der Waals surface area contributed by atoms with Crippen LogP contribution in [-0.2, 0) is 6.42 Å². The molecular weight excluding hydrogens is 188 g/mol. The van der Waals surface area contributed by atoms with E-state index in [0.717, 1.165) is 23.4 Å². The predicted molar refractivity (Wildman–Crippen MR) is 58.9 cm³/mol. The maximum absolute atomic E-state index is 5.54. The number of pyridine rings is 1. The lowest BCUT2D eigenvalue weighted by Gasteiger charge is -2.07. The van der Waals surface area contributed by atoms with Crippen LogP contribution in [0.25, 0.3) is 5.69 Å². The Morgan fingerprint density at radius 3 is 2.87 bits per heavy atom. The summed E-state index contributed by atoms with van der Waals surface area (Å²) in [7, 11) is 0. The highest BCUT2D eigenvalue weighted by Gasteiger charge is 2.03. The number of aryl methyl sites for hydroxylation is 1. The van der Waals surface area contributed by atoms with E-state index in [4.69, 9.17) is 5.73 Å². The molecule has 0 amide bonds. The zero-order chi connectivity index (χ0) is 10.7. The Balaban J connectivity index is 2.40. The first-order chi connectivity index (χ1) is 7.31. The van der Waals surface area contributed by atoms with E-state index in [1.54, 1.807) is 6.33 Å². The summed E-state index contributed by atoms with van der Waals surface area (Å²) in [6.45, 7) is 2.65. The van der Waals surface area contributed by atoms with Crippen molar-refractivity contribution in [3.63, 3.8) is 0 Å². The molecule has 2 rings (SSSR count). The Bertz CT molecular complexity index is 447. The zero-order valence-electron chi connectivity index (χ0n) is 8.72. The van der Waals surface area contributed by atoms with Gasteiger partial charge in [0.05, 0.1) is 18.2 Å². The minimum Gasteiger partial charge on any atom is -0.330 e. The van der Waals surface area contributed by atoms with Crippen LogP contribution in [0.5, 0.6) is 0 Å². The molecule has 0 fully saturated rings. The van der Waals surface area contributed by atoms with Gasteiger partial charge in [-0.1, -0.05) is 0 Å². The van der Waals surface area contributed by atoms with E-state index in [-0.39, 0.29) is 0 Å². The van der Waals surface area contributed by atoms with Gasteiger partial charge in [-0.15, -0.1) is 0 Å². The molecule has 0 aliphatic heterocycles. The van der Waals surface area contributed by atoms with Crippen molar-refractivity contribution in [2.75, 3.05) is 6.54 Å². The van der Waals surface area contributed by atoms with Crippen LogP contribution in [0.2, 0.25) is 0 Å². The smallest absolute Gasteiger partial charge is 0.0994 e. The molecule has 0 aliphatic rings. The highest BCUT2D eigenvalue weighted by atomic mass is 15.1. The van der Waals surface area contributed by atoms with E-state index in [1.807, 2.05) is 30.1 Å². The molecule has 4 nitrogen and oxygen atoms in total. The van der Waals surface area contributed by atoms with Crippen molar-refractivity contribution in [3.8, 4) is 5.69 Å². The van der Waals surface area contributed by atoms with Crippen LogP contribution in [0.4, 0.5) is 0 Å². The molecule has 78 valence electrons. The van der Waals surface area contributed by atoms with Crippen LogP contribution in [0, 0.1) is 6.92 Å². The van der Waals surface area contributed by atoms with Crippen molar-refractivity contribution >= 4 is 0 Å². The normalized spacial score (nSPS) is 10.5. The van der Waals surface area contributed by atoms with Gasteiger partial charge in [0, 0.05) is 24.5 Å². The Hall–Kier alpha value is -1.68. The molecule has 0 bridgehead atoms. The van der Waals surface area contributed by atoms with Crippen molar-refractivity contribution in [3.05, 3.63) is 42.2 Å². The first kappa shape index (κ1) is 9.86. The fourth-order valence-corrected chi connectivity index (χ4v) is 1.56. The van der Waals surface area contributed by atoms with E-state index in [9.17, 15) is 0 Å². The van der Waals surface area contributed by atoms with Gasteiger partial charge in [0.25, 0.3) is 0 Å². The second-order valence-corrected chi connectivity index (χ2v) is 3.51. The molecule has 0 saturated heterocycles. The van der Waals surface area contributed by atoms with Crippen LogP contribution < -0.4 is 5.73 Å². The van der Waals surface area contributed by atoms with E-state index in [0.29, 0.717) is 6.54 Å². The fourth-order valence-electron chi connectivity index (χ4n) is 1.56. The number of aromatic nitrogens is 3. The molecule has 0 aromatic carbocycles. The summed E-state index contributed by atoms with van der Waals surface area (Å²) >= 11 is 0. The highest BCUT2D eigenvalue weighted by molar-refractivity contribution is 5.33. The Morgan fingerprint density at radius 1 is 1.27 bits per heavy atom. The molecule has 4 heteroatoms. The van der Waals surface area contributed by atoms with Crippen LogP contribution in [0.3, 0.4) is 0 Å². The summed E-state index contributed by atoms with van der Waals surface area (Å²) in [6, 6.07) is 2.08. The van der Waals surface area contributed by atoms with Gasteiger partial charge in [-0.05, 0) is 25.1 Å². The summed E-state index contributed by atoms with van der Waals surface area (Å²) in [5, 5.41) is 0. The third kappa shape index (κ3) is 2.05. The first-order valence-electron chi connectivity index (χ1n) is 4.94. The monoisotopic (exact) mass is 202 g/mol. The van der Waals surface area contributed by atoms with Gasteiger partial charge >= 0.3 is 0 Å². The topological polar surface area (TPSA) is 56.7 Å². The van der Waals surface area contributed by atoms with Crippen molar-refractivity contribution in [1.82, 2.24) is 14.5 Å². The first-order valence-corrected chi connectivity index (χ1v) is 4.94. The summed E-state index contributed by atoms with van der Waals surface area (Å²) in [5.41, 5.74) is 8.83. The van der Waals surface area contributed by atoms with E-state index in [1.165, 1.54) is 0 Å². The third-order valence-corrected chi connectivity index (χ3v) is 2.25. The number of imidazole rings is 1. The van der Waals surface area contributed by atoms with Crippen LogP contribution >= 0.6 is 0 Å². The molecular formula is C11H14N4. The van der Waals surface area contributed by atoms with Gasteiger partial charge < -0.3 is 10.3 Å². The SMILES string of the molecule is Cc1cncc(-n2cncc2CCN)c1. The van der Waals surface area contributed by atoms with Gasteiger partial charge in [-0.2, -0.15) is 0 Å². The van der Waals surface area contributed by atoms with Crippen LogP contribution in [0.15, 0.2) is 31.0 Å². The van der Waals surface area contributed by atoms with Gasteiger partial charge in [0.15, 0.2) is 0 Å². The number of rotatable bonds is 3. The second-order valence-electron chi connectivity index (χ2n) is 3.51. The Labute approximate surface area is 88.8 Å². The van der Waals surface area contributed by atoms with Gasteiger partial charge in [-0.3, -0.25) is 4.98 Å². The maximum atomic E-state index is 5.54. The van der Waals surface area contributed by atoms with Crippen molar-refractivity contribution in [2.24, 2.45) is 5.73 Å². The predicted octanol–water partition coefficient (Wildman–Crippen LogP) is 1.08. The maximum Gasteiger partial charge on any atom is 0.0994 e. The molecule has 2 aromatic heterocycles. The minimum absolute atomic E-state index is 0.630. The van der Waals surface area contributed by atoms with E-state index in [2.05, 4.69) is 16.0 Å².